The van der Waals surface area contributed by atoms with Gasteiger partial charge in [0.25, 0.3) is 0 Å². The number of hydrogen-bond acceptors (Lipinski definition) is 6. The Kier molecular flexibility index (Phi) is 8.45. The quantitative estimate of drug-likeness (QED) is 0.686. The maximum atomic E-state index is 10.2. The van der Waals surface area contributed by atoms with E-state index in [0.717, 1.165) is 41.8 Å². The molecule has 1 aliphatic heterocycles. The van der Waals surface area contributed by atoms with Gasteiger partial charge in [0.05, 0.1) is 23.4 Å². The summed E-state index contributed by atoms with van der Waals surface area (Å²) in [4.78, 5) is 2.31. The van der Waals surface area contributed by atoms with Gasteiger partial charge in [0, 0.05) is 31.5 Å². The van der Waals surface area contributed by atoms with Crippen molar-refractivity contribution in [2.24, 2.45) is 17.1 Å². The van der Waals surface area contributed by atoms with Gasteiger partial charge in [0.2, 0.25) is 0 Å². The molecule has 0 bridgehead atoms. The number of aliphatic hydroxyl groups excluding tert-OH is 1. The smallest absolute Gasteiger partial charge is 0.191 e. The van der Waals surface area contributed by atoms with Crippen LogP contribution in [0.1, 0.15) is 31.7 Å². The van der Waals surface area contributed by atoms with Crippen molar-refractivity contribution >= 4 is 0 Å². The van der Waals surface area contributed by atoms with Gasteiger partial charge in [-0.2, -0.15) is 15.8 Å². The largest absolute Gasteiger partial charge is 0.399 e. The summed E-state index contributed by atoms with van der Waals surface area (Å²) in [5.41, 5.74) is 9.12. The van der Waals surface area contributed by atoms with Crippen molar-refractivity contribution in [2.45, 2.75) is 26.2 Å². The van der Waals surface area contributed by atoms with E-state index in [1.807, 2.05) is 42.5 Å². The zero-order valence-corrected chi connectivity index (χ0v) is 20.3. The van der Waals surface area contributed by atoms with E-state index in [0.29, 0.717) is 12.1 Å². The number of aliphatic hydroxyl groups is 1. The maximum Gasteiger partial charge on any atom is 0.191 e. The van der Waals surface area contributed by atoms with Gasteiger partial charge in [0.15, 0.2) is 5.41 Å². The Bertz CT molecular complexity index is 1190. The molecular weight excluding hydrogens is 434 g/mol. The minimum Gasteiger partial charge on any atom is -0.399 e. The van der Waals surface area contributed by atoms with Crippen LogP contribution in [0.2, 0.25) is 0 Å². The molecule has 0 saturated carbocycles. The van der Waals surface area contributed by atoms with Crippen LogP contribution in [0.4, 0.5) is 0 Å². The van der Waals surface area contributed by atoms with E-state index in [-0.39, 0.29) is 18.2 Å². The molecule has 3 N–H and O–H groups in total. The van der Waals surface area contributed by atoms with Crippen molar-refractivity contribution in [3.63, 3.8) is 0 Å². The molecule has 2 unspecified atom stereocenters. The van der Waals surface area contributed by atoms with Gasteiger partial charge in [-0.25, -0.2) is 0 Å². The lowest BCUT2D eigenvalue weighted by molar-refractivity contribution is 0.207. The standard InChI is InChI=1S/C27H25N5.C2H6O/c1-2-13-32-14-12-22-23(15-28)26(31)27(17-29,18-30)25(24(22)16-32)21-10-8-20(9-11-21)19-6-4-3-5-7-19;1-2-3/h3-12,24-25H,2,13-14,16,31H2,1H3;3H,2H2,1H3. The molecule has 6 heteroatoms. The van der Waals surface area contributed by atoms with Crippen LogP contribution < -0.4 is 5.73 Å². The van der Waals surface area contributed by atoms with Crippen molar-refractivity contribution < 1.29 is 5.11 Å². The Morgan fingerprint density at radius 2 is 1.60 bits per heavy atom. The third-order valence-electron chi connectivity index (χ3n) is 6.66. The molecule has 0 amide bonds. The molecule has 1 aliphatic carbocycles. The second-order valence-electron chi connectivity index (χ2n) is 8.74. The molecule has 2 aromatic rings. The molecule has 0 fully saturated rings. The van der Waals surface area contributed by atoms with Crippen LogP contribution in [0.15, 0.2) is 77.5 Å². The highest BCUT2D eigenvalue weighted by molar-refractivity contribution is 5.65. The first-order valence-electron chi connectivity index (χ1n) is 11.9. The molecule has 0 spiro atoms. The second kappa shape index (κ2) is 11.5. The van der Waals surface area contributed by atoms with Crippen LogP contribution in [0.5, 0.6) is 0 Å². The molecule has 4 rings (SSSR count). The fraction of sp³-hybridized carbons (Fsp3) is 0.345. The number of hydrogen-bond donors (Lipinski definition) is 2. The van der Waals surface area contributed by atoms with E-state index < -0.39 is 11.3 Å². The molecule has 2 aromatic carbocycles. The van der Waals surface area contributed by atoms with Gasteiger partial charge < -0.3 is 10.8 Å². The Morgan fingerprint density at radius 3 is 2.14 bits per heavy atom. The summed E-state index contributed by atoms with van der Waals surface area (Å²) in [7, 11) is 0. The zero-order valence-electron chi connectivity index (χ0n) is 20.3. The van der Waals surface area contributed by atoms with Gasteiger partial charge in [0.1, 0.15) is 6.07 Å². The Labute approximate surface area is 207 Å². The highest BCUT2D eigenvalue weighted by atomic mass is 16.2. The Hall–Kier alpha value is -3.89. The third-order valence-corrected chi connectivity index (χ3v) is 6.66. The van der Waals surface area contributed by atoms with Crippen molar-refractivity contribution in [1.29, 1.82) is 15.8 Å². The number of allylic oxidation sites excluding steroid dienone is 2. The molecule has 2 atom stereocenters. The van der Waals surface area contributed by atoms with Crippen LogP contribution in [0.25, 0.3) is 11.1 Å². The van der Waals surface area contributed by atoms with Crippen LogP contribution in [0, 0.1) is 45.3 Å². The van der Waals surface area contributed by atoms with Gasteiger partial charge in [-0.05, 0) is 42.2 Å². The van der Waals surface area contributed by atoms with Crippen molar-refractivity contribution in [3.05, 3.63) is 83.1 Å². The number of nitriles is 3. The highest BCUT2D eigenvalue weighted by Crippen LogP contribution is 2.54. The number of nitrogens with zero attached hydrogens (tertiary/aromatic N) is 4. The van der Waals surface area contributed by atoms with E-state index >= 15 is 0 Å². The second-order valence-corrected chi connectivity index (χ2v) is 8.74. The lowest BCUT2D eigenvalue weighted by Crippen LogP contribution is -2.48. The molecule has 35 heavy (non-hydrogen) atoms. The third kappa shape index (κ3) is 4.84. The number of nitrogens with two attached hydrogens (primary N) is 1. The van der Waals surface area contributed by atoms with Crippen molar-refractivity contribution in [1.82, 2.24) is 4.90 Å². The predicted octanol–water partition coefficient (Wildman–Crippen LogP) is 4.49. The fourth-order valence-electron chi connectivity index (χ4n) is 5.13. The van der Waals surface area contributed by atoms with E-state index in [2.05, 4.69) is 48.2 Å². The SMILES string of the molecule is CCCN1CC=C2C(C#N)=C(N)C(C#N)(C#N)C(c3ccc(-c4ccccc4)cc3)C2C1.CCO. The van der Waals surface area contributed by atoms with E-state index in [9.17, 15) is 15.8 Å². The van der Waals surface area contributed by atoms with E-state index in [4.69, 9.17) is 10.8 Å². The fourth-order valence-corrected chi connectivity index (χ4v) is 5.13. The highest BCUT2D eigenvalue weighted by Gasteiger charge is 2.54. The molecule has 178 valence electrons. The van der Waals surface area contributed by atoms with Crippen LogP contribution in [0.3, 0.4) is 0 Å². The Morgan fingerprint density at radius 1 is 1.00 bits per heavy atom. The van der Waals surface area contributed by atoms with Gasteiger partial charge in [-0.15, -0.1) is 0 Å². The molecule has 0 radical (unpaired) electrons. The average molecular weight is 466 g/mol. The van der Waals surface area contributed by atoms with Crippen LogP contribution in [-0.4, -0.2) is 36.2 Å². The summed E-state index contributed by atoms with van der Waals surface area (Å²) in [6.45, 7) is 6.42. The van der Waals surface area contributed by atoms with Gasteiger partial charge in [-0.1, -0.05) is 67.6 Å². The van der Waals surface area contributed by atoms with Crippen molar-refractivity contribution in [3.8, 4) is 29.3 Å². The number of fused-ring (bicyclic) bond motifs is 1. The van der Waals surface area contributed by atoms with Crippen LogP contribution >= 0.6 is 0 Å². The topological polar surface area (TPSA) is 121 Å². The van der Waals surface area contributed by atoms with Crippen molar-refractivity contribution in [2.75, 3.05) is 26.2 Å². The first-order chi connectivity index (χ1) is 17.0. The normalized spacial score (nSPS) is 20.7. The summed E-state index contributed by atoms with van der Waals surface area (Å²) in [5, 5.41) is 37.9. The Balaban J connectivity index is 0.00000108. The maximum absolute atomic E-state index is 10.2. The molecule has 2 aliphatic rings. The first-order valence-corrected chi connectivity index (χ1v) is 11.9. The summed E-state index contributed by atoms with van der Waals surface area (Å²) < 4.78 is 0. The molecule has 6 nitrogen and oxygen atoms in total. The zero-order chi connectivity index (χ0) is 25.4. The molecule has 0 saturated heterocycles. The van der Waals surface area contributed by atoms with E-state index in [1.54, 1.807) is 6.92 Å². The van der Waals surface area contributed by atoms with Gasteiger partial charge in [-0.3, -0.25) is 4.90 Å². The minimum atomic E-state index is -1.59. The predicted molar refractivity (Wildman–Crippen MR) is 136 cm³/mol. The lowest BCUT2D eigenvalue weighted by atomic mass is 9.58. The van der Waals surface area contributed by atoms with Crippen LogP contribution in [-0.2, 0) is 0 Å². The lowest BCUT2D eigenvalue weighted by Gasteiger charge is -2.45. The molecule has 1 heterocycles. The molecule has 0 aromatic heterocycles. The summed E-state index contributed by atoms with van der Waals surface area (Å²) in [6.07, 6.45) is 3.07. The monoisotopic (exact) mass is 465 g/mol. The number of rotatable bonds is 4. The average Bonchev–Trinajstić information content (AvgIpc) is 2.89. The first kappa shape index (κ1) is 25.7. The number of benzene rings is 2. The summed E-state index contributed by atoms with van der Waals surface area (Å²) in [5.74, 6) is -0.607. The summed E-state index contributed by atoms with van der Waals surface area (Å²) in [6, 6.07) is 24.7. The van der Waals surface area contributed by atoms with Gasteiger partial charge >= 0.3 is 0 Å². The minimum absolute atomic E-state index is 0.0774. The van der Waals surface area contributed by atoms with E-state index in [1.165, 1.54) is 0 Å². The molecular formula is C29H31N5O. The summed E-state index contributed by atoms with van der Waals surface area (Å²) >= 11 is 0.